The van der Waals surface area contributed by atoms with E-state index in [0.717, 1.165) is 5.56 Å². The van der Waals surface area contributed by atoms with E-state index < -0.39 is 11.8 Å². The quantitative estimate of drug-likeness (QED) is 0.331. The second-order valence-electron chi connectivity index (χ2n) is 6.08. The van der Waals surface area contributed by atoms with E-state index in [1.54, 1.807) is 42.5 Å². The fourth-order valence-electron chi connectivity index (χ4n) is 2.45. The van der Waals surface area contributed by atoms with Gasteiger partial charge in [-0.1, -0.05) is 59.6 Å². The van der Waals surface area contributed by atoms with Gasteiger partial charge >= 0.3 is 11.8 Å². The summed E-state index contributed by atoms with van der Waals surface area (Å²) in [6, 6.07) is 21.0. The molecule has 3 aromatic rings. The van der Waals surface area contributed by atoms with Gasteiger partial charge in [-0.3, -0.25) is 9.59 Å². The van der Waals surface area contributed by atoms with Crippen LogP contribution in [0.4, 0.5) is 5.69 Å². The largest absolute Gasteiger partial charge is 0.488 e. The van der Waals surface area contributed by atoms with Crippen molar-refractivity contribution >= 4 is 46.9 Å². The minimum absolute atomic E-state index is 0.277. The van der Waals surface area contributed by atoms with Gasteiger partial charge in [0.2, 0.25) is 0 Å². The van der Waals surface area contributed by atoms with E-state index in [9.17, 15) is 9.59 Å². The maximum atomic E-state index is 11.9. The first-order chi connectivity index (χ1) is 14.5. The van der Waals surface area contributed by atoms with Crippen LogP contribution in [-0.4, -0.2) is 18.0 Å². The highest BCUT2D eigenvalue weighted by Crippen LogP contribution is 2.21. The zero-order chi connectivity index (χ0) is 21.3. The number of para-hydroxylation sites is 1. The second-order valence-corrected chi connectivity index (χ2v) is 6.93. The van der Waals surface area contributed by atoms with Crippen molar-refractivity contribution < 1.29 is 14.3 Å². The number of ether oxygens (including phenoxy) is 1. The summed E-state index contributed by atoms with van der Waals surface area (Å²) in [5.41, 5.74) is 4.06. The fourth-order valence-corrected chi connectivity index (χ4v) is 2.84. The summed E-state index contributed by atoms with van der Waals surface area (Å²) in [5, 5.41) is 7.33. The molecular weight excluding hydrogens is 425 g/mol. The number of hydrazone groups is 1. The number of amides is 2. The number of carbonyl (C=O) groups is 2. The van der Waals surface area contributed by atoms with E-state index >= 15 is 0 Å². The van der Waals surface area contributed by atoms with Crippen LogP contribution in [0.25, 0.3) is 0 Å². The van der Waals surface area contributed by atoms with Crippen molar-refractivity contribution in [2.45, 2.75) is 6.61 Å². The molecule has 3 aromatic carbocycles. The van der Waals surface area contributed by atoms with Gasteiger partial charge in [0.05, 0.1) is 6.21 Å². The highest BCUT2D eigenvalue weighted by Gasteiger charge is 2.13. The summed E-state index contributed by atoms with van der Waals surface area (Å²) in [5.74, 6) is -1.22. The number of hydrogen-bond acceptors (Lipinski definition) is 4. The number of benzene rings is 3. The molecule has 2 amide bonds. The monoisotopic (exact) mass is 441 g/mol. The molecule has 0 aliphatic heterocycles. The number of hydrogen-bond donors (Lipinski definition) is 2. The molecule has 0 fully saturated rings. The van der Waals surface area contributed by atoms with Crippen molar-refractivity contribution in [1.82, 2.24) is 5.43 Å². The predicted molar refractivity (Wildman–Crippen MR) is 118 cm³/mol. The normalized spacial score (nSPS) is 10.6. The van der Waals surface area contributed by atoms with Crippen LogP contribution >= 0.6 is 23.2 Å². The van der Waals surface area contributed by atoms with Crippen LogP contribution in [0.15, 0.2) is 77.9 Å². The average molecular weight is 442 g/mol. The summed E-state index contributed by atoms with van der Waals surface area (Å²) in [6.45, 7) is 0.277. The van der Waals surface area contributed by atoms with Crippen molar-refractivity contribution in [2.75, 3.05) is 5.32 Å². The number of anilines is 1. The molecule has 0 spiro atoms. The molecular formula is C22H17Cl2N3O3. The van der Waals surface area contributed by atoms with Crippen LogP contribution < -0.4 is 15.5 Å². The third-order valence-electron chi connectivity index (χ3n) is 3.92. The number of carbonyl (C=O) groups excluding carboxylic acids is 2. The van der Waals surface area contributed by atoms with E-state index in [4.69, 9.17) is 27.9 Å². The van der Waals surface area contributed by atoms with E-state index in [2.05, 4.69) is 15.8 Å². The molecule has 0 radical (unpaired) electrons. The smallest absolute Gasteiger partial charge is 0.329 e. The van der Waals surface area contributed by atoms with Crippen molar-refractivity contribution in [1.29, 1.82) is 0 Å². The van der Waals surface area contributed by atoms with Crippen molar-refractivity contribution in [2.24, 2.45) is 5.10 Å². The molecule has 152 valence electrons. The third kappa shape index (κ3) is 6.07. The average Bonchev–Trinajstić information content (AvgIpc) is 2.74. The van der Waals surface area contributed by atoms with Gasteiger partial charge in [-0.2, -0.15) is 5.10 Å². The number of halogens is 2. The molecule has 0 heterocycles. The molecule has 30 heavy (non-hydrogen) atoms. The van der Waals surface area contributed by atoms with E-state index in [0.29, 0.717) is 27.0 Å². The summed E-state index contributed by atoms with van der Waals surface area (Å²) >= 11 is 12.0. The van der Waals surface area contributed by atoms with Gasteiger partial charge in [-0.05, 0) is 36.4 Å². The second kappa shape index (κ2) is 10.4. The molecule has 8 heteroatoms. The zero-order valence-electron chi connectivity index (χ0n) is 15.6. The summed E-state index contributed by atoms with van der Waals surface area (Å²) < 4.78 is 5.82. The lowest BCUT2D eigenvalue weighted by molar-refractivity contribution is -0.136. The Morgan fingerprint density at radius 1 is 0.933 bits per heavy atom. The molecule has 3 rings (SSSR count). The SMILES string of the molecule is O=C(N/N=C\c1ccccc1OCc1ccccc1Cl)C(=O)Nc1cccc(Cl)c1. The van der Waals surface area contributed by atoms with Crippen LogP contribution in [0, 0.1) is 0 Å². The molecule has 0 saturated carbocycles. The Balaban J connectivity index is 1.58. The molecule has 0 aliphatic carbocycles. The Morgan fingerprint density at radius 2 is 1.70 bits per heavy atom. The third-order valence-corrected chi connectivity index (χ3v) is 4.52. The van der Waals surface area contributed by atoms with Gasteiger partial charge in [0.15, 0.2) is 0 Å². The van der Waals surface area contributed by atoms with Crippen LogP contribution in [0.5, 0.6) is 5.75 Å². The lowest BCUT2D eigenvalue weighted by atomic mass is 10.2. The van der Waals surface area contributed by atoms with Crippen molar-refractivity contribution in [3.63, 3.8) is 0 Å². The Bertz CT molecular complexity index is 1090. The van der Waals surface area contributed by atoms with Crippen LogP contribution in [0.3, 0.4) is 0 Å². The van der Waals surface area contributed by atoms with Crippen LogP contribution in [-0.2, 0) is 16.2 Å². The highest BCUT2D eigenvalue weighted by molar-refractivity contribution is 6.39. The standard InChI is InChI=1S/C22H17Cl2N3O3/c23-17-8-5-9-18(12-17)26-21(28)22(29)27-25-13-15-6-2-4-11-20(15)30-14-16-7-1-3-10-19(16)24/h1-13H,14H2,(H,26,28)(H,27,29)/b25-13-. The van der Waals surface area contributed by atoms with Crippen molar-refractivity contribution in [3.05, 3.63) is 94.0 Å². The van der Waals surface area contributed by atoms with Gasteiger partial charge in [0, 0.05) is 26.9 Å². The van der Waals surface area contributed by atoms with Gasteiger partial charge in [-0.15, -0.1) is 0 Å². The van der Waals surface area contributed by atoms with Crippen LogP contribution in [0.1, 0.15) is 11.1 Å². The maximum absolute atomic E-state index is 11.9. The Hall–Kier alpha value is -3.35. The summed E-state index contributed by atoms with van der Waals surface area (Å²) in [6.07, 6.45) is 1.40. The van der Waals surface area contributed by atoms with E-state index in [1.807, 2.05) is 24.3 Å². The molecule has 0 aliphatic rings. The van der Waals surface area contributed by atoms with Gasteiger partial charge < -0.3 is 10.1 Å². The molecule has 0 atom stereocenters. The summed E-state index contributed by atoms with van der Waals surface area (Å²) in [4.78, 5) is 23.9. The van der Waals surface area contributed by atoms with Gasteiger partial charge in [0.25, 0.3) is 0 Å². The molecule has 0 aromatic heterocycles. The van der Waals surface area contributed by atoms with Crippen LogP contribution in [0.2, 0.25) is 10.0 Å². The first-order valence-corrected chi connectivity index (χ1v) is 9.64. The first kappa shape index (κ1) is 21.4. The molecule has 0 bridgehead atoms. The molecule has 0 unspecified atom stereocenters. The number of nitrogens with one attached hydrogen (secondary N) is 2. The van der Waals surface area contributed by atoms with Crippen molar-refractivity contribution in [3.8, 4) is 5.75 Å². The lowest BCUT2D eigenvalue weighted by Crippen LogP contribution is -2.32. The maximum Gasteiger partial charge on any atom is 0.329 e. The highest BCUT2D eigenvalue weighted by atomic mass is 35.5. The number of rotatable bonds is 6. The summed E-state index contributed by atoms with van der Waals surface area (Å²) in [7, 11) is 0. The molecule has 2 N–H and O–H groups in total. The topological polar surface area (TPSA) is 79.8 Å². The van der Waals surface area contributed by atoms with E-state index in [1.165, 1.54) is 12.3 Å². The predicted octanol–water partition coefficient (Wildman–Crippen LogP) is 4.66. The number of nitrogens with zero attached hydrogens (tertiary/aromatic N) is 1. The minimum Gasteiger partial charge on any atom is -0.488 e. The van der Waals surface area contributed by atoms with Gasteiger partial charge in [0.1, 0.15) is 12.4 Å². The minimum atomic E-state index is -0.916. The zero-order valence-corrected chi connectivity index (χ0v) is 17.2. The molecule has 6 nitrogen and oxygen atoms in total. The molecule has 0 saturated heterocycles. The Labute approximate surface area is 183 Å². The van der Waals surface area contributed by atoms with E-state index in [-0.39, 0.29) is 6.61 Å². The fraction of sp³-hybridized carbons (Fsp3) is 0.0455. The Morgan fingerprint density at radius 3 is 2.50 bits per heavy atom. The lowest BCUT2D eigenvalue weighted by Gasteiger charge is -2.10. The first-order valence-electron chi connectivity index (χ1n) is 8.88. The van der Waals surface area contributed by atoms with Gasteiger partial charge in [-0.25, -0.2) is 5.43 Å². The Kier molecular flexibility index (Phi) is 7.43.